The third-order valence-electron chi connectivity index (χ3n) is 3.34. The molecule has 1 heterocycles. The molecule has 1 aliphatic heterocycles. The van der Waals surface area contributed by atoms with Crippen LogP contribution in [0.25, 0.3) is 0 Å². The molecule has 0 bridgehead atoms. The molecule has 0 amide bonds. The molecule has 1 fully saturated rings. The van der Waals surface area contributed by atoms with E-state index in [4.69, 9.17) is 14.2 Å². The molecule has 112 valence electrons. The fourth-order valence-corrected chi connectivity index (χ4v) is 2.09. The van der Waals surface area contributed by atoms with Gasteiger partial charge in [0.15, 0.2) is 11.6 Å². The predicted molar refractivity (Wildman–Crippen MR) is 74.4 cm³/mol. The van der Waals surface area contributed by atoms with Gasteiger partial charge >= 0.3 is 0 Å². The number of hydrogen-bond acceptors (Lipinski definition) is 4. The smallest absolute Gasteiger partial charge is 0.165 e. The van der Waals surface area contributed by atoms with Crippen molar-refractivity contribution < 1.29 is 18.6 Å². The van der Waals surface area contributed by atoms with Gasteiger partial charge in [0.25, 0.3) is 0 Å². The van der Waals surface area contributed by atoms with E-state index in [2.05, 4.69) is 12.2 Å². The molecule has 2 rings (SSSR count). The lowest BCUT2D eigenvalue weighted by molar-refractivity contribution is 0.0322. The van der Waals surface area contributed by atoms with Crippen LogP contribution >= 0.6 is 0 Å². The number of benzene rings is 1. The fraction of sp³-hybridized carbons (Fsp3) is 0.600. The van der Waals surface area contributed by atoms with Gasteiger partial charge in [-0.25, -0.2) is 4.39 Å². The Morgan fingerprint density at radius 1 is 1.50 bits per heavy atom. The Hall–Kier alpha value is -1.17. The van der Waals surface area contributed by atoms with Crippen molar-refractivity contribution in [2.24, 2.45) is 0 Å². The topological polar surface area (TPSA) is 39.7 Å². The molecule has 0 radical (unpaired) electrons. The van der Waals surface area contributed by atoms with E-state index in [0.717, 1.165) is 18.6 Å². The van der Waals surface area contributed by atoms with Crippen LogP contribution in [0, 0.1) is 5.82 Å². The predicted octanol–water partition coefficient (Wildman–Crippen LogP) is 2.12. The molecule has 1 saturated heterocycles. The van der Waals surface area contributed by atoms with Crippen molar-refractivity contribution in [2.45, 2.75) is 32.0 Å². The van der Waals surface area contributed by atoms with Crippen LogP contribution < -0.4 is 10.1 Å². The molecule has 4 nitrogen and oxygen atoms in total. The zero-order valence-corrected chi connectivity index (χ0v) is 12.0. The van der Waals surface area contributed by atoms with E-state index in [-0.39, 0.29) is 23.7 Å². The maximum atomic E-state index is 13.3. The average molecular weight is 283 g/mol. The minimum atomic E-state index is -0.339. The number of methoxy groups -OCH3 is 1. The summed E-state index contributed by atoms with van der Waals surface area (Å²) in [6.07, 6.45) is 1.20. The lowest BCUT2D eigenvalue weighted by atomic mass is 10.2. The molecule has 0 unspecified atom stereocenters. The Balaban J connectivity index is 1.73. The molecule has 1 aromatic rings. The first-order valence-corrected chi connectivity index (χ1v) is 6.94. The number of halogens is 1. The average Bonchev–Trinajstić information content (AvgIpc) is 2.97. The summed E-state index contributed by atoms with van der Waals surface area (Å²) in [5, 5.41) is 3.35. The molecule has 0 aliphatic carbocycles. The number of hydrogen-bond donors (Lipinski definition) is 1. The van der Waals surface area contributed by atoms with E-state index >= 15 is 0 Å². The SMILES string of the molecule is COc1cc(CN[C@@H](C)CO[C@H]2CCOC2)ccc1F. The van der Waals surface area contributed by atoms with Crippen LogP contribution in [0.4, 0.5) is 4.39 Å². The van der Waals surface area contributed by atoms with Crippen LogP contribution in [0.1, 0.15) is 18.9 Å². The highest BCUT2D eigenvalue weighted by Crippen LogP contribution is 2.18. The summed E-state index contributed by atoms with van der Waals surface area (Å²) in [5.41, 5.74) is 0.985. The van der Waals surface area contributed by atoms with Crippen molar-refractivity contribution in [3.63, 3.8) is 0 Å². The highest BCUT2D eigenvalue weighted by atomic mass is 19.1. The fourth-order valence-electron chi connectivity index (χ4n) is 2.09. The van der Waals surface area contributed by atoms with Crippen molar-refractivity contribution in [2.75, 3.05) is 26.9 Å². The van der Waals surface area contributed by atoms with Gasteiger partial charge in [-0.05, 0) is 31.0 Å². The molecule has 0 saturated carbocycles. The van der Waals surface area contributed by atoms with Gasteiger partial charge in [-0.2, -0.15) is 0 Å². The summed E-state index contributed by atoms with van der Waals surface area (Å²) < 4.78 is 29.3. The molecule has 2 atom stereocenters. The second-order valence-electron chi connectivity index (χ2n) is 5.07. The first-order valence-electron chi connectivity index (χ1n) is 6.94. The molecule has 1 aliphatic rings. The van der Waals surface area contributed by atoms with Crippen LogP contribution in [-0.2, 0) is 16.0 Å². The van der Waals surface area contributed by atoms with Crippen LogP contribution in [0.3, 0.4) is 0 Å². The molecule has 0 aromatic heterocycles. The molecule has 20 heavy (non-hydrogen) atoms. The van der Waals surface area contributed by atoms with Crippen molar-refractivity contribution in [3.05, 3.63) is 29.6 Å². The maximum absolute atomic E-state index is 13.3. The molecule has 0 spiro atoms. The van der Waals surface area contributed by atoms with Crippen molar-refractivity contribution in [1.29, 1.82) is 0 Å². The third-order valence-corrected chi connectivity index (χ3v) is 3.34. The minimum absolute atomic E-state index is 0.227. The number of rotatable bonds is 7. The Kier molecular flexibility index (Phi) is 5.76. The quantitative estimate of drug-likeness (QED) is 0.832. The van der Waals surface area contributed by atoms with Crippen molar-refractivity contribution >= 4 is 0 Å². The Morgan fingerprint density at radius 2 is 2.35 bits per heavy atom. The lowest BCUT2D eigenvalue weighted by Gasteiger charge is -2.17. The van der Waals surface area contributed by atoms with E-state index in [0.29, 0.717) is 19.8 Å². The van der Waals surface area contributed by atoms with Gasteiger partial charge in [0.1, 0.15) is 0 Å². The van der Waals surface area contributed by atoms with E-state index in [1.165, 1.54) is 13.2 Å². The van der Waals surface area contributed by atoms with E-state index < -0.39 is 0 Å². The molecular weight excluding hydrogens is 261 g/mol. The van der Waals surface area contributed by atoms with Gasteiger partial charge in [0, 0.05) is 19.2 Å². The third kappa shape index (κ3) is 4.44. The Bertz CT molecular complexity index is 422. The molecule has 1 N–H and O–H groups in total. The zero-order valence-electron chi connectivity index (χ0n) is 12.0. The first kappa shape index (κ1) is 15.2. The second kappa shape index (κ2) is 7.57. The summed E-state index contributed by atoms with van der Waals surface area (Å²) in [4.78, 5) is 0. The Morgan fingerprint density at radius 3 is 3.05 bits per heavy atom. The largest absolute Gasteiger partial charge is 0.494 e. The van der Waals surface area contributed by atoms with Gasteiger partial charge in [-0.15, -0.1) is 0 Å². The van der Waals surface area contributed by atoms with E-state index in [1.807, 2.05) is 0 Å². The highest BCUT2D eigenvalue weighted by Gasteiger charge is 2.16. The van der Waals surface area contributed by atoms with Crippen molar-refractivity contribution in [1.82, 2.24) is 5.32 Å². The molecule has 1 aromatic carbocycles. The van der Waals surface area contributed by atoms with Gasteiger partial charge in [0.2, 0.25) is 0 Å². The summed E-state index contributed by atoms with van der Waals surface area (Å²) >= 11 is 0. The van der Waals surface area contributed by atoms with Gasteiger partial charge in [0.05, 0.1) is 26.4 Å². The summed E-state index contributed by atoms with van der Waals surface area (Å²) in [5.74, 6) is -0.0647. The van der Waals surface area contributed by atoms with Crippen molar-refractivity contribution in [3.8, 4) is 5.75 Å². The minimum Gasteiger partial charge on any atom is -0.494 e. The summed E-state index contributed by atoms with van der Waals surface area (Å²) in [6.45, 7) is 4.86. The van der Waals surface area contributed by atoms with E-state index in [1.54, 1.807) is 12.1 Å². The monoisotopic (exact) mass is 283 g/mol. The summed E-state index contributed by atoms with van der Waals surface area (Å²) in [7, 11) is 1.47. The number of nitrogens with one attached hydrogen (secondary N) is 1. The van der Waals surface area contributed by atoms with E-state index in [9.17, 15) is 4.39 Å². The standard InChI is InChI=1S/C15H22FNO3/c1-11(9-20-13-5-6-19-10-13)17-8-12-3-4-14(16)15(7-12)18-2/h3-4,7,11,13,17H,5-6,8-10H2,1-2H3/t11-,13-/m0/s1. The highest BCUT2D eigenvalue weighted by molar-refractivity contribution is 5.30. The van der Waals surface area contributed by atoms with Crippen LogP contribution in [0.2, 0.25) is 0 Å². The van der Waals surface area contributed by atoms with Gasteiger partial charge in [-0.1, -0.05) is 6.07 Å². The first-order chi connectivity index (χ1) is 9.69. The van der Waals surface area contributed by atoms with Crippen LogP contribution in [0.5, 0.6) is 5.75 Å². The Labute approximate surface area is 119 Å². The second-order valence-corrected chi connectivity index (χ2v) is 5.07. The summed E-state index contributed by atoms with van der Waals surface area (Å²) in [6, 6.07) is 5.11. The van der Waals surface area contributed by atoms with Gasteiger partial charge < -0.3 is 19.5 Å². The normalized spacial score (nSPS) is 20.1. The zero-order chi connectivity index (χ0) is 14.4. The molecule has 5 heteroatoms. The van der Waals surface area contributed by atoms with Gasteiger partial charge in [-0.3, -0.25) is 0 Å². The lowest BCUT2D eigenvalue weighted by Crippen LogP contribution is -2.32. The number of ether oxygens (including phenoxy) is 3. The van der Waals surface area contributed by atoms with Crippen LogP contribution in [0.15, 0.2) is 18.2 Å². The van der Waals surface area contributed by atoms with Crippen LogP contribution in [-0.4, -0.2) is 39.1 Å². The molecular formula is C15H22FNO3. The maximum Gasteiger partial charge on any atom is 0.165 e.